The van der Waals surface area contributed by atoms with Gasteiger partial charge in [-0.05, 0) is 24.3 Å². The summed E-state index contributed by atoms with van der Waals surface area (Å²) in [6, 6.07) is 13.8. The Morgan fingerprint density at radius 2 is 1.90 bits per heavy atom. The molecule has 8 nitrogen and oxygen atoms in total. The minimum absolute atomic E-state index is 0.0272. The number of fused-ring (bicyclic) bond motifs is 3. The van der Waals surface area contributed by atoms with Crippen molar-refractivity contribution in [3.05, 3.63) is 65.4 Å². The molecule has 0 radical (unpaired) electrons. The number of carbonyl (C=O) groups excluding carboxylic acids is 2. The van der Waals surface area contributed by atoms with Crippen molar-refractivity contribution < 1.29 is 18.0 Å². The zero-order chi connectivity index (χ0) is 22.2. The minimum Gasteiger partial charge on any atom is -0.358 e. The van der Waals surface area contributed by atoms with Gasteiger partial charge in [-0.3, -0.25) is 9.59 Å². The quantitative estimate of drug-likeness (QED) is 0.631. The molecule has 3 aromatic rings. The number of benzene rings is 2. The van der Waals surface area contributed by atoms with Crippen molar-refractivity contribution in [2.24, 2.45) is 0 Å². The zero-order valence-electron chi connectivity index (χ0n) is 17.4. The van der Waals surface area contributed by atoms with E-state index < -0.39 is 15.9 Å². The fraction of sp³-hybridized carbons (Fsp3) is 0.273. The molecule has 0 aliphatic carbocycles. The van der Waals surface area contributed by atoms with Crippen LogP contribution in [0.4, 0.5) is 0 Å². The van der Waals surface area contributed by atoms with Crippen molar-refractivity contribution in [2.45, 2.75) is 17.9 Å². The Morgan fingerprint density at radius 3 is 2.68 bits per heavy atom. The van der Waals surface area contributed by atoms with Crippen LogP contribution in [0.25, 0.3) is 10.9 Å². The van der Waals surface area contributed by atoms with E-state index in [1.807, 2.05) is 24.3 Å². The van der Waals surface area contributed by atoms with Gasteiger partial charge >= 0.3 is 0 Å². The highest BCUT2D eigenvalue weighted by Gasteiger charge is 2.24. The zero-order valence-corrected chi connectivity index (χ0v) is 18.2. The van der Waals surface area contributed by atoms with Gasteiger partial charge in [0.05, 0.1) is 11.4 Å². The Kier molecular flexibility index (Phi) is 5.55. The number of aromatic amines is 1. The second-order valence-electron chi connectivity index (χ2n) is 7.69. The molecule has 2 heterocycles. The largest absolute Gasteiger partial charge is 0.358 e. The second kappa shape index (κ2) is 8.16. The molecule has 1 aromatic heterocycles. The van der Waals surface area contributed by atoms with Crippen LogP contribution in [0.15, 0.2) is 53.4 Å². The first kappa shape index (κ1) is 21.1. The summed E-state index contributed by atoms with van der Waals surface area (Å²) in [7, 11) is -0.789. The summed E-state index contributed by atoms with van der Waals surface area (Å²) in [5.74, 6) is -0.671. The molecular formula is C22H24N4O4S. The average Bonchev–Trinajstić information content (AvgIpc) is 3.15. The van der Waals surface area contributed by atoms with E-state index >= 15 is 0 Å². The summed E-state index contributed by atoms with van der Waals surface area (Å²) in [5.41, 5.74) is 3.51. The molecule has 1 aliphatic heterocycles. The number of sulfonamides is 1. The maximum Gasteiger partial charge on any atom is 0.251 e. The maximum atomic E-state index is 12.7. The summed E-state index contributed by atoms with van der Waals surface area (Å²) in [6.45, 7) is 0.914. The predicted octanol–water partition coefficient (Wildman–Crippen LogP) is 1.73. The van der Waals surface area contributed by atoms with E-state index in [-0.39, 0.29) is 22.9 Å². The Hall–Kier alpha value is -3.17. The van der Waals surface area contributed by atoms with Crippen molar-refractivity contribution in [2.75, 3.05) is 27.2 Å². The van der Waals surface area contributed by atoms with Crippen LogP contribution < -0.4 is 5.32 Å². The molecule has 0 saturated heterocycles. The highest BCUT2D eigenvalue weighted by molar-refractivity contribution is 7.89. The topological polar surface area (TPSA) is 103 Å². The standard InChI is InChI=1S/C22H24N4O4S/c1-25(2)31(29,30)16-7-5-6-15(12-16)22(28)23-13-21(27)26-11-10-20-18(14-26)17-8-3-4-9-19(17)24-20/h3-9,12,24H,10-11,13-14H2,1-2H3,(H,23,28). The molecule has 2 amide bonds. The van der Waals surface area contributed by atoms with Gasteiger partial charge in [-0.15, -0.1) is 0 Å². The average molecular weight is 441 g/mol. The van der Waals surface area contributed by atoms with E-state index in [0.717, 1.165) is 32.9 Å². The number of nitrogens with one attached hydrogen (secondary N) is 2. The van der Waals surface area contributed by atoms with E-state index in [4.69, 9.17) is 0 Å². The summed E-state index contributed by atoms with van der Waals surface area (Å²) >= 11 is 0. The number of hydrogen-bond donors (Lipinski definition) is 2. The lowest BCUT2D eigenvalue weighted by Gasteiger charge is -2.27. The Morgan fingerprint density at radius 1 is 1.13 bits per heavy atom. The summed E-state index contributed by atoms with van der Waals surface area (Å²) < 4.78 is 25.6. The summed E-state index contributed by atoms with van der Waals surface area (Å²) in [4.78, 5) is 30.4. The molecule has 4 rings (SSSR count). The summed E-state index contributed by atoms with van der Waals surface area (Å²) in [6.07, 6.45) is 0.730. The third kappa shape index (κ3) is 4.06. The van der Waals surface area contributed by atoms with Gasteiger partial charge in [0.1, 0.15) is 0 Å². The first-order valence-electron chi connectivity index (χ1n) is 9.94. The fourth-order valence-corrected chi connectivity index (χ4v) is 4.71. The lowest BCUT2D eigenvalue weighted by Crippen LogP contribution is -2.42. The number of H-pyrrole nitrogens is 1. The Balaban J connectivity index is 1.42. The molecule has 0 fully saturated rings. The van der Waals surface area contributed by atoms with Crippen molar-refractivity contribution in [1.82, 2.24) is 19.5 Å². The molecule has 0 spiro atoms. The van der Waals surface area contributed by atoms with Gasteiger partial charge in [-0.25, -0.2) is 12.7 Å². The Labute approximate surface area is 180 Å². The molecule has 0 unspecified atom stereocenters. The van der Waals surface area contributed by atoms with E-state index in [2.05, 4.69) is 10.3 Å². The smallest absolute Gasteiger partial charge is 0.251 e. The molecular weight excluding hydrogens is 416 g/mol. The van der Waals surface area contributed by atoms with Gasteiger partial charge in [0.25, 0.3) is 5.91 Å². The van der Waals surface area contributed by atoms with Gasteiger partial charge in [-0.2, -0.15) is 0 Å². The first-order chi connectivity index (χ1) is 14.8. The van der Waals surface area contributed by atoms with Gasteiger partial charge in [0.2, 0.25) is 15.9 Å². The van der Waals surface area contributed by atoms with E-state index in [9.17, 15) is 18.0 Å². The number of rotatable bonds is 5. The number of carbonyl (C=O) groups is 2. The third-order valence-corrected chi connectivity index (χ3v) is 7.32. The molecule has 162 valence electrons. The number of para-hydroxylation sites is 1. The molecule has 0 bridgehead atoms. The summed E-state index contributed by atoms with van der Waals surface area (Å²) in [5, 5.41) is 3.72. The molecule has 2 N–H and O–H groups in total. The van der Waals surface area contributed by atoms with E-state index in [1.54, 1.807) is 4.90 Å². The normalized spacial score (nSPS) is 14.0. The van der Waals surface area contributed by atoms with Crippen LogP contribution in [-0.4, -0.2) is 61.6 Å². The first-order valence-corrected chi connectivity index (χ1v) is 11.4. The fourth-order valence-electron chi connectivity index (χ4n) is 3.76. The van der Waals surface area contributed by atoms with Gasteiger partial charge in [0, 0.05) is 61.3 Å². The van der Waals surface area contributed by atoms with Crippen molar-refractivity contribution >= 4 is 32.7 Å². The van der Waals surface area contributed by atoms with Crippen molar-refractivity contribution in [3.63, 3.8) is 0 Å². The monoisotopic (exact) mass is 440 g/mol. The van der Waals surface area contributed by atoms with Crippen molar-refractivity contribution in [1.29, 1.82) is 0 Å². The molecule has 1 aliphatic rings. The van der Waals surface area contributed by atoms with Gasteiger partial charge in [-0.1, -0.05) is 24.3 Å². The molecule has 31 heavy (non-hydrogen) atoms. The van der Waals surface area contributed by atoms with Crippen LogP contribution in [-0.2, 0) is 27.8 Å². The highest BCUT2D eigenvalue weighted by atomic mass is 32.2. The molecule has 2 aromatic carbocycles. The molecule has 0 saturated carbocycles. The molecule has 9 heteroatoms. The minimum atomic E-state index is -3.65. The number of hydrogen-bond acceptors (Lipinski definition) is 4. The maximum absolute atomic E-state index is 12.7. The Bertz CT molecular complexity index is 1260. The van der Waals surface area contributed by atoms with Gasteiger partial charge in [0.15, 0.2) is 0 Å². The SMILES string of the molecule is CN(C)S(=O)(=O)c1cccc(C(=O)NCC(=O)N2CCc3[nH]c4ccccc4c3C2)c1. The lowest BCUT2D eigenvalue weighted by atomic mass is 10.0. The van der Waals surface area contributed by atoms with Crippen LogP contribution in [0.2, 0.25) is 0 Å². The van der Waals surface area contributed by atoms with Crippen LogP contribution in [0.5, 0.6) is 0 Å². The molecule has 0 atom stereocenters. The number of aromatic nitrogens is 1. The van der Waals surface area contributed by atoms with Crippen LogP contribution in [0.1, 0.15) is 21.6 Å². The lowest BCUT2D eigenvalue weighted by molar-refractivity contribution is -0.131. The van der Waals surface area contributed by atoms with Crippen LogP contribution >= 0.6 is 0 Å². The third-order valence-electron chi connectivity index (χ3n) is 5.51. The number of nitrogens with zero attached hydrogens (tertiary/aromatic N) is 2. The van der Waals surface area contributed by atoms with Crippen LogP contribution in [0, 0.1) is 0 Å². The predicted molar refractivity (Wildman–Crippen MR) is 117 cm³/mol. The van der Waals surface area contributed by atoms with E-state index in [0.29, 0.717) is 13.1 Å². The number of amides is 2. The van der Waals surface area contributed by atoms with Crippen molar-refractivity contribution in [3.8, 4) is 0 Å². The highest BCUT2D eigenvalue weighted by Crippen LogP contribution is 2.27. The van der Waals surface area contributed by atoms with Crippen LogP contribution in [0.3, 0.4) is 0 Å². The van der Waals surface area contributed by atoms with E-state index in [1.165, 1.54) is 38.4 Å². The van der Waals surface area contributed by atoms with Gasteiger partial charge < -0.3 is 15.2 Å². The second-order valence-corrected chi connectivity index (χ2v) is 9.84.